The largest absolute Gasteiger partial charge is 0.452 e. The number of carbonyl (C=O) groups excluding carboxylic acids is 3. The standard InChI is InChI=1S/C11H15NO4/c1-6-3-4-7-8(5-6)10(14)12(9(7)13)11(15)16-2/h6-8H,3-5H2,1-2H3. The molecule has 1 aliphatic carbocycles. The van der Waals surface area contributed by atoms with Crippen molar-refractivity contribution in [2.24, 2.45) is 17.8 Å². The highest BCUT2D eigenvalue weighted by Crippen LogP contribution is 2.40. The molecule has 3 unspecified atom stereocenters. The molecule has 0 aromatic rings. The molecule has 3 amide bonds. The molecule has 1 aliphatic heterocycles. The van der Waals surface area contributed by atoms with Gasteiger partial charge >= 0.3 is 6.09 Å². The smallest absolute Gasteiger partial charge is 0.423 e. The zero-order valence-corrected chi connectivity index (χ0v) is 9.43. The number of fused-ring (bicyclic) bond motifs is 1. The van der Waals surface area contributed by atoms with E-state index < -0.39 is 6.09 Å². The van der Waals surface area contributed by atoms with Gasteiger partial charge in [0.15, 0.2) is 0 Å². The number of nitrogens with zero attached hydrogens (tertiary/aromatic N) is 1. The summed E-state index contributed by atoms with van der Waals surface area (Å²) < 4.78 is 4.45. The molecule has 0 radical (unpaired) electrons. The van der Waals surface area contributed by atoms with E-state index in [0.29, 0.717) is 23.7 Å². The summed E-state index contributed by atoms with van der Waals surface area (Å²) in [5.41, 5.74) is 0. The Hall–Kier alpha value is -1.39. The van der Waals surface area contributed by atoms with Crippen molar-refractivity contribution in [1.29, 1.82) is 0 Å². The Kier molecular flexibility index (Phi) is 2.69. The molecule has 2 aliphatic rings. The number of ether oxygens (including phenoxy) is 1. The Morgan fingerprint density at radius 3 is 2.50 bits per heavy atom. The lowest BCUT2D eigenvalue weighted by Gasteiger charge is -2.25. The second-order valence-electron chi connectivity index (χ2n) is 4.61. The first-order chi connectivity index (χ1) is 7.56. The molecule has 1 saturated carbocycles. The average Bonchev–Trinajstić information content (AvgIpc) is 2.51. The average molecular weight is 225 g/mol. The van der Waals surface area contributed by atoms with Gasteiger partial charge in [-0.05, 0) is 25.2 Å². The molecule has 0 spiro atoms. The maximum absolute atomic E-state index is 11.9. The predicted molar refractivity (Wildman–Crippen MR) is 54.3 cm³/mol. The van der Waals surface area contributed by atoms with Crippen LogP contribution in [0, 0.1) is 17.8 Å². The van der Waals surface area contributed by atoms with Gasteiger partial charge in [-0.2, -0.15) is 4.90 Å². The van der Waals surface area contributed by atoms with E-state index in [1.165, 1.54) is 7.11 Å². The van der Waals surface area contributed by atoms with Crippen molar-refractivity contribution in [3.8, 4) is 0 Å². The van der Waals surface area contributed by atoms with Crippen LogP contribution in [0.1, 0.15) is 26.2 Å². The van der Waals surface area contributed by atoms with E-state index in [2.05, 4.69) is 11.7 Å². The van der Waals surface area contributed by atoms with Gasteiger partial charge in [-0.1, -0.05) is 6.92 Å². The van der Waals surface area contributed by atoms with E-state index in [1.54, 1.807) is 0 Å². The summed E-state index contributed by atoms with van der Waals surface area (Å²) in [6.45, 7) is 2.06. The van der Waals surface area contributed by atoms with E-state index in [0.717, 1.165) is 6.42 Å². The first-order valence-corrected chi connectivity index (χ1v) is 5.52. The minimum Gasteiger partial charge on any atom is -0.452 e. The SMILES string of the molecule is COC(=O)N1C(=O)C2CCC(C)CC2C1=O. The molecule has 3 atom stereocenters. The minimum absolute atomic E-state index is 0.303. The fraction of sp³-hybridized carbons (Fsp3) is 0.727. The number of likely N-dealkylation sites (tertiary alicyclic amines) is 1. The monoisotopic (exact) mass is 225 g/mol. The van der Waals surface area contributed by atoms with Gasteiger partial charge in [-0.15, -0.1) is 0 Å². The molecule has 0 aromatic heterocycles. The fourth-order valence-electron chi connectivity index (χ4n) is 2.66. The lowest BCUT2D eigenvalue weighted by atomic mass is 9.76. The Morgan fingerprint density at radius 1 is 1.25 bits per heavy atom. The van der Waals surface area contributed by atoms with Crippen molar-refractivity contribution in [2.75, 3.05) is 7.11 Å². The van der Waals surface area contributed by atoms with Crippen LogP contribution in [0.2, 0.25) is 0 Å². The van der Waals surface area contributed by atoms with E-state index >= 15 is 0 Å². The van der Waals surface area contributed by atoms with Gasteiger partial charge in [0.05, 0.1) is 18.9 Å². The third-order valence-corrected chi connectivity index (χ3v) is 3.54. The van der Waals surface area contributed by atoms with Crippen molar-refractivity contribution < 1.29 is 19.1 Å². The van der Waals surface area contributed by atoms with Crippen molar-refractivity contribution in [1.82, 2.24) is 4.90 Å². The highest BCUT2D eigenvalue weighted by molar-refractivity contribution is 6.15. The predicted octanol–water partition coefficient (Wildman–Crippen LogP) is 1.17. The number of hydrogen-bond donors (Lipinski definition) is 0. The summed E-state index contributed by atoms with van der Waals surface area (Å²) in [4.78, 5) is 35.8. The normalized spacial score (nSPS) is 33.9. The molecule has 88 valence electrons. The molecule has 0 aromatic carbocycles. The van der Waals surface area contributed by atoms with Gasteiger partial charge in [0.2, 0.25) is 11.8 Å². The maximum atomic E-state index is 11.9. The van der Waals surface area contributed by atoms with E-state index in [4.69, 9.17) is 0 Å². The first kappa shape index (κ1) is 11.1. The molecule has 1 heterocycles. The summed E-state index contributed by atoms with van der Waals surface area (Å²) in [5.74, 6) is -0.934. The summed E-state index contributed by atoms with van der Waals surface area (Å²) in [6.07, 6.45) is 1.49. The second kappa shape index (κ2) is 3.88. The third-order valence-electron chi connectivity index (χ3n) is 3.54. The zero-order chi connectivity index (χ0) is 11.9. The fourth-order valence-corrected chi connectivity index (χ4v) is 2.66. The van der Waals surface area contributed by atoms with Gasteiger partial charge in [0.1, 0.15) is 0 Å². The van der Waals surface area contributed by atoms with Crippen LogP contribution < -0.4 is 0 Å². The van der Waals surface area contributed by atoms with Gasteiger partial charge in [-0.25, -0.2) is 4.79 Å². The molecule has 0 N–H and O–H groups in total. The molecule has 5 heteroatoms. The molecule has 2 rings (SSSR count). The van der Waals surface area contributed by atoms with Gasteiger partial charge in [0, 0.05) is 0 Å². The Morgan fingerprint density at radius 2 is 1.88 bits per heavy atom. The summed E-state index contributed by atoms with van der Waals surface area (Å²) >= 11 is 0. The number of carbonyl (C=O) groups is 3. The van der Waals surface area contributed by atoms with Crippen LogP contribution in [0.15, 0.2) is 0 Å². The molecular weight excluding hydrogens is 210 g/mol. The number of hydrogen-bond acceptors (Lipinski definition) is 4. The molecule has 1 saturated heterocycles. The van der Waals surface area contributed by atoms with Crippen molar-refractivity contribution in [3.63, 3.8) is 0 Å². The first-order valence-electron chi connectivity index (χ1n) is 5.52. The summed E-state index contributed by atoms with van der Waals surface area (Å²) in [7, 11) is 1.17. The van der Waals surface area contributed by atoms with Crippen molar-refractivity contribution in [3.05, 3.63) is 0 Å². The van der Waals surface area contributed by atoms with Crippen LogP contribution in [0.3, 0.4) is 0 Å². The topological polar surface area (TPSA) is 63.7 Å². The van der Waals surface area contributed by atoms with Gasteiger partial charge < -0.3 is 4.74 Å². The molecule has 5 nitrogen and oxygen atoms in total. The van der Waals surface area contributed by atoms with Crippen molar-refractivity contribution >= 4 is 17.9 Å². The van der Waals surface area contributed by atoms with Crippen LogP contribution in [0.5, 0.6) is 0 Å². The molecule has 16 heavy (non-hydrogen) atoms. The Bertz CT molecular complexity index is 352. The lowest BCUT2D eigenvalue weighted by molar-refractivity contribution is -0.137. The highest BCUT2D eigenvalue weighted by atomic mass is 16.5. The Labute approximate surface area is 93.7 Å². The lowest BCUT2D eigenvalue weighted by Crippen LogP contribution is -2.37. The quantitative estimate of drug-likeness (QED) is 0.580. The number of methoxy groups -OCH3 is 1. The van der Waals surface area contributed by atoms with Crippen LogP contribution >= 0.6 is 0 Å². The van der Waals surface area contributed by atoms with Crippen LogP contribution in [0.4, 0.5) is 4.79 Å². The van der Waals surface area contributed by atoms with Crippen LogP contribution in [0.25, 0.3) is 0 Å². The third kappa shape index (κ3) is 1.50. The zero-order valence-electron chi connectivity index (χ0n) is 9.43. The highest BCUT2D eigenvalue weighted by Gasteiger charge is 2.52. The number of rotatable bonds is 0. The van der Waals surface area contributed by atoms with E-state index in [-0.39, 0.29) is 23.7 Å². The Balaban J connectivity index is 2.24. The van der Waals surface area contributed by atoms with Gasteiger partial charge in [-0.3, -0.25) is 9.59 Å². The molecule has 0 bridgehead atoms. The minimum atomic E-state index is -0.850. The van der Waals surface area contributed by atoms with Gasteiger partial charge in [0.25, 0.3) is 0 Å². The molecule has 2 fully saturated rings. The summed E-state index contributed by atoms with van der Waals surface area (Å²) in [5, 5.41) is 0. The van der Waals surface area contributed by atoms with Crippen LogP contribution in [-0.2, 0) is 14.3 Å². The summed E-state index contributed by atoms with van der Waals surface area (Å²) in [6, 6.07) is 0. The van der Waals surface area contributed by atoms with Crippen LogP contribution in [-0.4, -0.2) is 29.9 Å². The second-order valence-corrected chi connectivity index (χ2v) is 4.61. The molecular formula is C11H15NO4. The van der Waals surface area contributed by atoms with Crippen molar-refractivity contribution in [2.45, 2.75) is 26.2 Å². The maximum Gasteiger partial charge on any atom is 0.423 e. The van der Waals surface area contributed by atoms with E-state index in [9.17, 15) is 14.4 Å². The van der Waals surface area contributed by atoms with E-state index in [1.807, 2.05) is 0 Å². The number of imide groups is 3. The number of amides is 3.